The zero-order valence-corrected chi connectivity index (χ0v) is 13.4. The van der Waals surface area contributed by atoms with Crippen LogP contribution in [0.3, 0.4) is 0 Å². The fraction of sp³-hybridized carbons (Fsp3) is 0.824. The topological polar surface area (TPSA) is 33.1 Å². The molecule has 0 radical (unpaired) electrons. The van der Waals surface area contributed by atoms with Crippen molar-refractivity contribution in [3.05, 3.63) is 18.5 Å². The molecule has 3 rings (SSSR count). The molecule has 1 aromatic rings. The average Bonchev–Trinajstić information content (AvgIpc) is 3.02. The van der Waals surface area contributed by atoms with Crippen LogP contribution < -0.4 is 5.32 Å². The summed E-state index contributed by atoms with van der Waals surface area (Å²) in [6.45, 7) is 6.86. The summed E-state index contributed by atoms with van der Waals surface area (Å²) in [7, 11) is 0. The minimum Gasteiger partial charge on any atom is -0.308 e. The quantitative estimate of drug-likeness (QED) is 0.905. The highest BCUT2D eigenvalue weighted by Crippen LogP contribution is 2.32. The number of hydrogen-bond donors (Lipinski definition) is 1. The van der Waals surface area contributed by atoms with Gasteiger partial charge in [0.05, 0.1) is 6.54 Å². The largest absolute Gasteiger partial charge is 0.308 e. The van der Waals surface area contributed by atoms with Gasteiger partial charge in [0.25, 0.3) is 0 Å². The third-order valence-corrected chi connectivity index (χ3v) is 5.34. The van der Waals surface area contributed by atoms with Gasteiger partial charge in [-0.15, -0.1) is 0 Å². The predicted molar refractivity (Wildman–Crippen MR) is 86.3 cm³/mol. The Morgan fingerprint density at radius 1 is 1.24 bits per heavy atom. The van der Waals surface area contributed by atoms with Crippen molar-refractivity contribution in [3.63, 3.8) is 0 Å². The van der Waals surface area contributed by atoms with Crippen molar-refractivity contribution in [1.82, 2.24) is 20.0 Å². The van der Waals surface area contributed by atoms with Crippen molar-refractivity contribution in [3.8, 4) is 0 Å². The highest BCUT2D eigenvalue weighted by atomic mass is 15.3. The highest BCUT2D eigenvalue weighted by Gasteiger charge is 2.39. The lowest BCUT2D eigenvalue weighted by molar-refractivity contribution is 0.0486. The second kappa shape index (κ2) is 6.93. The number of rotatable bonds is 5. The Bertz CT molecular complexity index is 408. The standard InChI is InChI=1S/C17H30N4/c1-2-7-16-14-18-17(8-4-3-5-9-17)15-20(16)12-13-21-11-6-10-19-21/h6,10-11,16,18H,2-5,7-9,12-15H2,1H3. The smallest absolute Gasteiger partial charge is 0.0536 e. The molecule has 4 nitrogen and oxygen atoms in total. The minimum atomic E-state index is 0.409. The lowest BCUT2D eigenvalue weighted by atomic mass is 9.79. The Hall–Kier alpha value is -0.870. The Kier molecular flexibility index (Phi) is 4.96. The molecule has 2 aliphatic rings. The van der Waals surface area contributed by atoms with Crippen molar-refractivity contribution in [2.45, 2.75) is 70.0 Å². The number of hydrogen-bond acceptors (Lipinski definition) is 3. The van der Waals surface area contributed by atoms with E-state index in [2.05, 4.69) is 33.1 Å². The van der Waals surface area contributed by atoms with Crippen molar-refractivity contribution in [2.75, 3.05) is 19.6 Å². The molecule has 0 aromatic carbocycles. The predicted octanol–water partition coefficient (Wildman–Crippen LogP) is 2.66. The van der Waals surface area contributed by atoms with Gasteiger partial charge >= 0.3 is 0 Å². The number of nitrogens with one attached hydrogen (secondary N) is 1. The van der Waals surface area contributed by atoms with Crippen molar-refractivity contribution >= 4 is 0 Å². The van der Waals surface area contributed by atoms with Gasteiger partial charge in [0.1, 0.15) is 0 Å². The summed E-state index contributed by atoms with van der Waals surface area (Å²) in [6.07, 6.45) is 13.5. The second-order valence-corrected chi connectivity index (χ2v) is 6.90. The maximum atomic E-state index is 4.35. The van der Waals surface area contributed by atoms with Gasteiger partial charge in [-0.25, -0.2) is 0 Å². The van der Waals surface area contributed by atoms with E-state index in [9.17, 15) is 0 Å². The molecule has 1 saturated carbocycles. The molecule has 118 valence electrons. The van der Waals surface area contributed by atoms with Gasteiger partial charge in [0.2, 0.25) is 0 Å². The summed E-state index contributed by atoms with van der Waals surface area (Å²) in [5.41, 5.74) is 0.409. The zero-order valence-electron chi connectivity index (χ0n) is 13.4. The molecule has 1 aliphatic carbocycles. The Labute approximate surface area is 128 Å². The summed E-state index contributed by atoms with van der Waals surface area (Å²) in [4.78, 5) is 2.74. The fourth-order valence-electron chi connectivity index (χ4n) is 4.14. The number of nitrogens with zero attached hydrogens (tertiary/aromatic N) is 3. The molecule has 2 heterocycles. The maximum absolute atomic E-state index is 4.35. The molecule has 1 spiro atoms. The molecular weight excluding hydrogens is 260 g/mol. The first-order chi connectivity index (χ1) is 10.3. The summed E-state index contributed by atoms with van der Waals surface area (Å²) >= 11 is 0. The average molecular weight is 290 g/mol. The fourth-order valence-corrected chi connectivity index (χ4v) is 4.14. The third-order valence-electron chi connectivity index (χ3n) is 5.34. The molecule has 1 atom stereocenters. The molecule has 21 heavy (non-hydrogen) atoms. The van der Waals surface area contributed by atoms with Gasteiger partial charge in [-0.05, 0) is 25.3 Å². The van der Waals surface area contributed by atoms with E-state index in [0.717, 1.165) is 13.1 Å². The van der Waals surface area contributed by atoms with Crippen LogP contribution in [0.1, 0.15) is 51.9 Å². The monoisotopic (exact) mass is 290 g/mol. The van der Waals surface area contributed by atoms with Crippen LogP contribution in [0.5, 0.6) is 0 Å². The van der Waals surface area contributed by atoms with Crippen molar-refractivity contribution < 1.29 is 0 Å². The van der Waals surface area contributed by atoms with Gasteiger partial charge in [-0.3, -0.25) is 9.58 Å². The Balaban J connectivity index is 1.62. The van der Waals surface area contributed by atoms with Crippen LogP contribution in [0.25, 0.3) is 0 Å². The molecule has 1 N–H and O–H groups in total. The summed E-state index contributed by atoms with van der Waals surface area (Å²) in [5.74, 6) is 0. The van der Waals surface area contributed by atoms with Gasteiger partial charge in [-0.2, -0.15) is 5.10 Å². The number of piperazine rings is 1. The molecule has 4 heteroatoms. The Morgan fingerprint density at radius 3 is 2.81 bits per heavy atom. The summed E-state index contributed by atoms with van der Waals surface area (Å²) in [5, 5.41) is 8.28. The van der Waals surface area contributed by atoms with E-state index >= 15 is 0 Å². The first-order valence-electron chi connectivity index (χ1n) is 8.78. The first-order valence-corrected chi connectivity index (χ1v) is 8.78. The van der Waals surface area contributed by atoms with Crippen LogP contribution in [-0.2, 0) is 6.54 Å². The van der Waals surface area contributed by atoms with E-state index < -0.39 is 0 Å². The summed E-state index contributed by atoms with van der Waals surface area (Å²) < 4.78 is 2.07. The van der Waals surface area contributed by atoms with E-state index in [4.69, 9.17) is 0 Å². The van der Waals surface area contributed by atoms with E-state index in [1.165, 1.54) is 58.0 Å². The molecular formula is C17H30N4. The van der Waals surface area contributed by atoms with Crippen LogP contribution in [0.2, 0.25) is 0 Å². The first kappa shape index (κ1) is 15.0. The SMILES string of the molecule is CCCC1CNC2(CCCCC2)CN1CCn1cccn1. The minimum absolute atomic E-state index is 0.409. The normalized spacial score (nSPS) is 26.2. The van der Waals surface area contributed by atoms with Gasteiger partial charge < -0.3 is 5.32 Å². The highest BCUT2D eigenvalue weighted by molar-refractivity contribution is 4.99. The molecule has 1 unspecified atom stereocenters. The van der Waals surface area contributed by atoms with E-state index in [1.54, 1.807) is 0 Å². The van der Waals surface area contributed by atoms with Gasteiger partial charge in [-0.1, -0.05) is 32.6 Å². The van der Waals surface area contributed by atoms with Crippen LogP contribution in [0.4, 0.5) is 0 Å². The van der Waals surface area contributed by atoms with E-state index in [0.29, 0.717) is 11.6 Å². The number of aromatic nitrogens is 2. The van der Waals surface area contributed by atoms with Crippen molar-refractivity contribution in [2.24, 2.45) is 0 Å². The molecule has 1 aliphatic heterocycles. The van der Waals surface area contributed by atoms with Crippen LogP contribution >= 0.6 is 0 Å². The second-order valence-electron chi connectivity index (χ2n) is 6.90. The molecule has 2 fully saturated rings. The summed E-state index contributed by atoms with van der Waals surface area (Å²) in [6, 6.07) is 2.72. The van der Waals surface area contributed by atoms with Crippen LogP contribution in [0.15, 0.2) is 18.5 Å². The van der Waals surface area contributed by atoms with Gasteiger partial charge in [0, 0.05) is 43.6 Å². The third kappa shape index (κ3) is 3.67. The van der Waals surface area contributed by atoms with E-state index in [1.807, 2.05) is 12.3 Å². The van der Waals surface area contributed by atoms with Gasteiger partial charge in [0.15, 0.2) is 0 Å². The van der Waals surface area contributed by atoms with Crippen LogP contribution in [0, 0.1) is 0 Å². The molecule has 0 amide bonds. The Morgan fingerprint density at radius 2 is 2.10 bits per heavy atom. The van der Waals surface area contributed by atoms with Crippen molar-refractivity contribution in [1.29, 1.82) is 0 Å². The molecule has 1 aromatic heterocycles. The van der Waals surface area contributed by atoms with E-state index in [-0.39, 0.29) is 0 Å². The molecule has 0 bridgehead atoms. The lowest BCUT2D eigenvalue weighted by Gasteiger charge is -2.50. The lowest BCUT2D eigenvalue weighted by Crippen LogP contribution is -2.65. The maximum Gasteiger partial charge on any atom is 0.0536 e. The molecule has 1 saturated heterocycles. The zero-order chi connectivity index (χ0) is 14.5. The van der Waals surface area contributed by atoms with Crippen LogP contribution in [-0.4, -0.2) is 45.9 Å².